The lowest BCUT2D eigenvalue weighted by Crippen LogP contribution is -2.43. The summed E-state index contributed by atoms with van der Waals surface area (Å²) in [6.07, 6.45) is 0.768. The molecule has 0 unspecified atom stereocenters. The van der Waals surface area contributed by atoms with Crippen molar-refractivity contribution in [2.45, 2.75) is 6.42 Å². The molecule has 2 amide bonds. The van der Waals surface area contributed by atoms with Gasteiger partial charge in [-0.25, -0.2) is 0 Å². The summed E-state index contributed by atoms with van der Waals surface area (Å²) in [4.78, 5) is 24.6. The summed E-state index contributed by atoms with van der Waals surface area (Å²) in [5.41, 5.74) is 6.34. The second kappa shape index (κ2) is 10.8. The van der Waals surface area contributed by atoms with Gasteiger partial charge in [0.25, 0.3) is 11.8 Å². The highest BCUT2D eigenvalue weighted by Crippen LogP contribution is 2.24. The number of benzene rings is 4. The number of hydrogen-bond donors (Lipinski definition) is 2. The van der Waals surface area contributed by atoms with Crippen molar-refractivity contribution in [2.24, 2.45) is 0 Å². The van der Waals surface area contributed by atoms with Gasteiger partial charge >= 0.3 is 0 Å². The van der Waals surface area contributed by atoms with Crippen LogP contribution in [0.25, 0.3) is 10.8 Å². The van der Waals surface area contributed by atoms with Crippen LogP contribution in [0.2, 0.25) is 0 Å². The molecular formula is C27H24N2O4. The first kappa shape index (κ1) is 21.9. The van der Waals surface area contributed by atoms with E-state index in [1.165, 1.54) is 5.56 Å². The van der Waals surface area contributed by atoms with Crippen LogP contribution in [0.4, 0.5) is 0 Å². The first-order valence-corrected chi connectivity index (χ1v) is 10.7. The third-order valence-electron chi connectivity index (χ3n) is 5.02. The highest BCUT2D eigenvalue weighted by atomic mass is 16.5. The summed E-state index contributed by atoms with van der Waals surface area (Å²) < 4.78 is 11.4. The maximum absolute atomic E-state index is 12.4. The number of rotatable bonds is 8. The Morgan fingerprint density at radius 3 is 2.36 bits per heavy atom. The fraction of sp³-hybridized carbons (Fsp3) is 0.111. The van der Waals surface area contributed by atoms with E-state index in [1.807, 2.05) is 66.7 Å². The zero-order valence-corrected chi connectivity index (χ0v) is 18.0. The molecule has 6 heteroatoms. The predicted octanol–water partition coefficient (Wildman–Crippen LogP) is 4.30. The van der Waals surface area contributed by atoms with Gasteiger partial charge in [0, 0.05) is 17.4 Å². The van der Waals surface area contributed by atoms with Gasteiger partial charge in [0.15, 0.2) is 6.61 Å². The van der Waals surface area contributed by atoms with Crippen molar-refractivity contribution < 1.29 is 19.1 Å². The lowest BCUT2D eigenvalue weighted by atomic mass is 10.1. The molecule has 6 nitrogen and oxygen atoms in total. The van der Waals surface area contributed by atoms with Gasteiger partial charge in [-0.15, -0.1) is 0 Å². The molecule has 0 heterocycles. The third kappa shape index (κ3) is 6.11. The van der Waals surface area contributed by atoms with Gasteiger partial charge in [0.05, 0.1) is 6.61 Å². The lowest BCUT2D eigenvalue weighted by Gasteiger charge is -2.11. The van der Waals surface area contributed by atoms with Crippen molar-refractivity contribution in [3.63, 3.8) is 0 Å². The summed E-state index contributed by atoms with van der Waals surface area (Å²) in [6, 6.07) is 30.2. The van der Waals surface area contributed by atoms with Gasteiger partial charge in [-0.3, -0.25) is 20.4 Å². The number of nitrogens with one attached hydrogen (secondary N) is 2. The predicted molar refractivity (Wildman–Crippen MR) is 127 cm³/mol. The van der Waals surface area contributed by atoms with E-state index in [1.54, 1.807) is 30.3 Å². The van der Waals surface area contributed by atoms with E-state index in [2.05, 4.69) is 10.9 Å². The fourth-order valence-electron chi connectivity index (χ4n) is 3.36. The minimum absolute atomic E-state index is 0.225. The van der Waals surface area contributed by atoms with Crippen molar-refractivity contribution in [3.8, 4) is 11.5 Å². The average molecular weight is 440 g/mol. The van der Waals surface area contributed by atoms with Crippen LogP contribution in [0.15, 0.2) is 97.1 Å². The SMILES string of the molecule is O=C(COc1cccc2ccccc12)NNC(=O)c1cccc(OCCc2ccccc2)c1. The molecule has 0 aliphatic rings. The number of hydrazine groups is 1. The smallest absolute Gasteiger partial charge is 0.276 e. The molecule has 4 aromatic carbocycles. The number of carbonyl (C=O) groups is 2. The molecule has 4 rings (SSSR count). The van der Waals surface area contributed by atoms with Crippen molar-refractivity contribution in [2.75, 3.05) is 13.2 Å². The van der Waals surface area contributed by atoms with Crippen LogP contribution in [0.3, 0.4) is 0 Å². The van der Waals surface area contributed by atoms with Crippen molar-refractivity contribution in [3.05, 3.63) is 108 Å². The van der Waals surface area contributed by atoms with Crippen molar-refractivity contribution in [1.82, 2.24) is 10.9 Å². The third-order valence-corrected chi connectivity index (χ3v) is 5.02. The number of fused-ring (bicyclic) bond motifs is 1. The Labute approximate surface area is 192 Å². The van der Waals surface area contributed by atoms with E-state index in [0.29, 0.717) is 23.7 Å². The monoisotopic (exact) mass is 440 g/mol. The Hall–Kier alpha value is -4.32. The molecule has 4 aromatic rings. The van der Waals surface area contributed by atoms with E-state index in [9.17, 15) is 9.59 Å². The highest BCUT2D eigenvalue weighted by Gasteiger charge is 2.10. The second-order valence-electron chi connectivity index (χ2n) is 7.38. The van der Waals surface area contributed by atoms with Gasteiger partial charge < -0.3 is 9.47 Å². The minimum atomic E-state index is -0.466. The number of amides is 2. The summed E-state index contributed by atoms with van der Waals surface area (Å²) >= 11 is 0. The quantitative estimate of drug-likeness (QED) is 0.401. The zero-order valence-electron chi connectivity index (χ0n) is 18.0. The summed E-state index contributed by atoms with van der Waals surface area (Å²) in [5, 5.41) is 1.94. The molecule has 0 spiro atoms. The van der Waals surface area contributed by atoms with Crippen molar-refractivity contribution >= 4 is 22.6 Å². The van der Waals surface area contributed by atoms with Crippen LogP contribution in [-0.4, -0.2) is 25.0 Å². The molecular weight excluding hydrogens is 416 g/mol. The first-order chi connectivity index (χ1) is 16.2. The van der Waals surface area contributed by atoms with Gasteiger partial charge in [-0.2, -0.15) is 0 Å². The molecule has 0 atom stereocenters. The standard InChI is InChI=1S/C27H24N2O4/c30-26(19-33-25-15-7-11-21-10-4-5-14-24(21)25)28-29-27(31)22-12-6-13-23(18-22)32-17-16-20-8-2-1-3-9-20/h1-15,18H,16-17,19H2,(H,28,30)(H,29,31). The molecule has 0 fully saturated rings. The largest absolute Gasteiger partial charge is 0.493 e. The Bertz CT molecular complexity index is 1240. The number of carbonyl (C=O) groups excluding carboxylic acids is 2. The van der Waals surface area contributed by atoms with Gasteiger partial charge in [0.1, 0.15) is 11.5 Å². The molecule has 0 aliphatic heterocycles. The van der Waals surface area contributed by atoms with Gasteiger partial charge in [0.2, 0.25) is 0 Å². The average Bonchev–Trinajstić information content (AvgIpc) is 2.87. The zero-order chi connectivity index (χ0) is 22.9. The van der Waals surface area contributed by atoms with E-state index in [-0.39, 0.29) is 6.61 Å². The Balaban J connectivity index is 1.25. The first-order valence-electron chi connectivity index (χ1n) is 10.7. The molecule has 0 saturated heterocycles. The van der Waals surface area contributed by atoms with Gasteiger partial charge in [-0.1, -0.05) is 72.8 Å². The Kier molecular flexibility index (Phi) is 7.18. The summed E-state index contributed by atoms with van der Waals surface area (Å²) in [5.74, 6) is 0.285. The molecule has 33 heavy (non-hydrogen) atoms. The minimum Gasteiger partial charge on any atom is -0.493 e. The van der Waals surface area contributed by atoms with E-state index < -0.39 is 11.8 Å². The second-order valence-corrected chi connectivity index (χ2v) is 7.38. The fourth-order valence-corrected chi connectivity index (χ4v) is 3.36. The lowest BCUT2D eigenvalue weighted by molar-refractivity contribution is -0.123. The highest BCUT2D eigenvalue weighted by molar-refractivity contribution is 5.96. The summed E-state index contributed by atoms with van der Waals surface area (Å²) in [7, 11) is 0. The maximum atomic E-state index is 12.4. The van der Waals surface area contributed by atoms with Crippen LogP contribution in [-0.2, 0) is 11.2 Å². The number of ether oxygens (including phenoxy) is 2. The summed E-state index contributed by atoms with van der Waals surface area (Å²) in [6.45, 7) is 0.272. The van der Waals surface area contributed by atoms with Crippen LogP contribution in [0.5, 0.6) is 11.5 Å². The maximum Gasteiger partial charge on any atom is 0.276 e. The van der Waals surface area contributed by atoms with E-state index in [0.717, 1.165) is 17.2 Å². The molecule has 0 bridgehead atoms. The molecule has 166 valence electrons. The van der Waals surface area contributed by atoms with E-state index in [4.69, 9.17) is 9.47 Å². The van der Waals surface area contributed by atoms with Crippen LogP contribution in [0.1, 0.15) is 15.9 Å². The molecule has 0 saturated carbocycles. The number of hydrogen-bond acceptors (Lipinski definition) is 4. The van der Waals surface area contributed by atoms with Crippen molar-refractivity contribution in [1.29, 1.82) is 0 Å². The topological polar surface area (TPSA) is 76.7 Å². The van der Waals surface area contributed by atoms with E-state index >= 15 is 0 Å². The van der Waals surface area contributed by atoms with Crippen LogP contribution < -0.4 is 20.3 Å². The van der Waals surface area contributed by atoms with Crippen LogP contribution >= 0.6 is 0 Å². The Morgan fingerprint density at radius 1 is 0.727 bits per heavy atom. The normalized spacial score (nSPS) is 10.4. The molecule has 0 aromatic heterocycles. The molecule has 2 N–H and O–H groups in total. The van der Waals surface area contributed by atoms with Gasteiger partial charge in [-0.05, 0) is 35.2 Å². The van der Waals surface area contributed by atoms with Crippen LogP contribution in [0, 0.1) is 0 Å². The Morgan fingerprint density at radius 2 is 1.48 bits per heavy atom. The molecule has 0 radical (unpaired) electrons. The molecule has 0 aliphatic carbocycles.